The molecule has 4 aromatic rings. The zero-order chi connectivity index (χ0) is 32.9. The van der Waals surface area contributed by atoms with Crippen molar-refractivity contribution in [3.05, 3.63) is 94.6 Å². The molecule has 1 N–H and O–H groups in total. The number of nitrogens with one attached hydrogen (secondary N) is 1. The average molecular weight is 645 g/mol. The van der Waals surface area contributed by atoms with Crippen LogP contribution in [0.15, 0.2) is 88.1 Å². The zero-order valence-electron chi connectivity index (χ0n) is 26.4. The number of quaternary nitrogens is 1. The molecular formula is C35H38N3O7S+. The van der Waals surface area contributed by atoms with Crippen molar-refractivity contribution in [1.82, 2.24) is 9.38 Å². The monoisotopic (exact) mass is 644 g/mol. The lowest BCUT2D eigenvalue weighted by molar-refractivity contribution is -0.154. The molecule has 0 amide bonds. The summed E-state index contributed by atoms with van der Waals surface area (Å²) in [4.78, 5) is 40.3. The number of carbonyl (C=O) groups is 2. The maximum Gasteiger partial charge on any atom is 0.342 e. The second-order valence-electron chi connectivity index (χ2n) is 12.2. The first kappa shape index (κ1) is 32.8. The lowest BCUT2D eigenvalue weighted by Gasteiger charge is -2.37. The Hall–Kier alpha value is -4.58. The van der Waals surface area contributed by atoms with E-state index in [1.54, 1.807) is 63.1 Å². The summed E-state index contributed by atoms with van der Waals surface area (Å²) in [5.74, 6) is -0.494. The van der Waals surface area contributed by atoms with E-state index in [0.29, 0.717) is 59.5 Å². The van der Waals surface area contributed by atoms with Crippen molar-refractivity contribution in [1.29, 1.82) is 0 Å². The van der Waals surface area contributed by atoms with Crippen LogP contribution in [0, 0.1) is 0 Å². The third-order valence-electron chi connectivity index (χ3n) is 7.57. The molecule has 1 aliphatic heterocycles. The summed E-state index contributed by atoms with van der Waals surface area (Å²) < 4.78 is 23.5. The van der Waals surface area contributed by atoms with Gasteiger partial charge in [0.15, 0.2) is 16.1 Å². The molecule has 1 aliphatic rings. The third kappa shape index (κ3) is 7.79. The van der Waals surface area contributed by atoms with Gasteiger partial charge in [-0.2, -0.15) is 0 Å². The number of benzene rings is 3. The van der Waals surface area contributed by atoms with Gasteiger partial charge in [0, 0.05) is 18.3 Å². The molecule has 3 aromatic carbocycles. The molecule has 0 unspecified atom stereocenters. The largest absolute Gasteiger partial charge is 0.459 e. The summed E-state index contributed by atoms with van der Waals surface area (Å²) in [5, 5.41) is 3.87. The van der Waals surface area contributed by atoms with E-state index >= 15 is 0 Å². The highest BCUT2D eigenvalue weighted by Crippen LogP contribution is 2.33. The molecule has 46 heavy (non-hydrogen) atoms. The molecule has 0 aliphatic carbocycles. The first-order valence-electron chi connectivity index (χ1n) is 15.0. The number of esters is 2. The predicted molar refractivity (Wildman–Crippen MR) is 182 cm³/mol. The second-order valence-corrected chi connectivity index (χ2v) is 12.6. The van der Waals surface area contributed by atoms with Gasteiger partial charge >= 0.3 is 17.8 Å². The summed E-state index contributed by atoms with van der Waals surface area (Å²) in [5.41, 5.74) is 2.46. The van der Waals surface area contributed by atoms with Crippen LogP contribution in [-0.2, 0) is 19.0 Å². The number of ether oxygens (including phenoxy) is 3. The third-order valence-corrected chi connectivity index (χ3v) is 7.98. The Morgan fingerprint density at radius 3 is 2.35 bits per heavy atom. The summed E-state index contributed by atoms with van der Waals surface area (Å²) in [6, 6.07) is 23.5. The molecule has 1 fully saturated rings. The van der Waals surface area contributed by atoms with Crippen molar-refractivity contribution < 1.29 is 28.2 Å². The number of thiocarbonyl (C=S) groups is 1. The van der Waals surface area contributed by atoms with Gasteiger partial charge in [-0.25, -0.2) is 9.28 Å². The molecule has 0 bridgehead atoms. The number of anilines is 1. The molecule has 2 heterocycles. The Kier molecular flexibility index (Phi) is 9.85. The van der Waals surface area contributed by atoms with Gasteiger partial charge in [0.25, 0.3) is 0 Å². The van der Waals surface area contributed by atoms with E-state index in [9.17, 15) is 14.4 Å². The van der Waals surface area contributed by atoms with E-state index in [1.165, 1.54) is 6.07 Å². The minimum atomic E-state index is -0.587. The van der Waals surface area contributed by atoms with E-state index in [4.69, 9.17) is 30.8 Å². The smallest absolute Gasteiger partial charge is 0.342 e. The van der Waals surface area contributed by atoms with Crippen molar-refractivity contribution >= 4 is 51.8 Å². The van der Waals surface area contributed by atoms with Crippen molar-refractivity contribution in [3.63, 3.8) is 0 Å². The zero-order valence-corrected chi connectivity index (χ0v) is 27.2. The number of morpholine rings is 1. The number of hydrogen-bond acceptors (Lipinski definition) is 8. The van der Waals surface area contributed by atoms with Crippen LogP contribution in [0.3, 0.4) is 0 Å². The fraction of sp³-hybridized carbons (Fsp3) is 0.314. The number of hydrogen-bond donors (Lipinski definition) is 1. The molecule has 11 heteroatoms. The first-order chi connectivity index (χ1) is 21.9. The van der Waals surface area contributed by atoms with Gasteiger partial charge in [-0.1, -0.05) is 42.5 Å². The SMILES string of the molecule is CN(CC(=O)OC(C)(C)C)C(=S)Nc1ccc(C(=O)OC[N+]2(c3cc(=O)c4cccc(-c5ccccc5)c4o3)CCOCC2)cc1. The van der Waals surface area contributed by atoms with Gasteiger partial charge < -0.3 is 28.8 Å². The van der Waals surface area contributed by atoms with Crippen LogP contribution in [0.2, 0.25) is 0 Å². The quantitative estimate of drug-likeness (QED) is 0.148. The van der Waals surface area contributed by atoms with Crippen LogP contribution < -0.4 is 15.2 Å². The summed E-state index contributed by atoms with van der Waals surface area (Å²) in [6.45, 7) is 7.13. The van der Waals surface area contributed by atoms with Crippen molar-refractivity contribution in [3.8, 4) is 11.1 Å². The maximum atomic E-state index is 13.3. The first-order valence-corrected chi connectivity index (χ1v) is 15.4. The van der Waals surface area contributed by atoms with Gasteiger partial charge in [0.2, 0.25) is 6.73 Å². The Morgan fingerprint density at radius 1 is 0.978 bits per heavy atom. The Bertz CT molecular complexity index is 1780. The normalized spacial score (nSPS) is 14.3. The van der Waals surface area contributed by atoms with Gasteiger partial charge in [0.05, 0.1) is 30.2 Å². The number of likely N-dealkylation sites (N-methyl/N-ethyl adjacent to an activating group) is 1. The fourth-order valence-corrected chi connectivity index (χ4v) is 5.34. The standard InChI is InChI=1S/C35H37N3O7S/c1-35(2,3)45-31(40)22-37(4)34(46)36-26-15-13-25(14-16-26)33(41)43-23-38(17-19-42-20-18-38)30-21-29(39)28-12-8-11-27(32(28)44-30)24-9-6-5-7-10-24/h5-16,21H,17-20,22-23H2,1-4H3/p+1. The highest BCUT2D eigenvalue weighted by Gasteiger charge is 2.38. The highest BCUT2D eigenvalue weighted by atomic mass is 32.1. The summed E-state index contributed by atoms with van der Waals surface area (Å²) in [7, 11) is 1.69. The summed E-state index contributed by atoms with van der Waals surface area (Å²) in [6.07, 6.45) is 0. The lowest BCUT2D eigenvalue weighted by atomic mass is 10.0. The number of para-hydroxylation sites is 1. The van der Waals surface area contributed by atoms with Gasteiger partial charge in [0.1, 0.15) is 25.2 Å². The molecule has 0 spiro atoms. The van der Waals surface area contributed by atoms with Gasteiger partial charge in [-0.15, -0.1) is 0 Å². The van der Waals surface area contributed by atoms with E-state index in [2.05, 4.69) is 5.32 Å². The number of fused-ring (bicyclic) bond motifs is 1. The average Bonchev–Trinajstić information content (AvgIpc) is 3.03. The second kappa shape index (κ2) is 13.8. The molecule has 1 saturated heterocycles. The topological polar surface area (TPSA) is 107 Å². The fourth-order valence-electron chi connectivity index (χ4n) is 5.16. The van der Waals surface area contributed by atoms with Crippen LogP contribution in [0.1, 0.15) is 31.1 Å². The predicted octanol–water partition coefficient (Wildman–Crippen LogP) is 5.58. The van der Waals surface area contributed by atoms with E-state index in [0.717, 1.165) is 11.1 Å². The van der Waals surface area contributed by atoms with Crippen LogP contribution >= 0.6 is 12.2 Å². The molecule has 0 radical (unpaired) electrons. The minimum absolute atomic E-state index is 0.0105. The molecule has 1 aromatic heterocycles. The van der Waals surface area contributed by atoms with Crippen molar-refractivity contribution in [2.24, 2.45) is 0 Å². The number of rotatable bonds is 8. The van der Waals surface area contributed by atoms with Gasteiger partial charge in [-0.05, 0) is 68.9 Å². The molecule has 240 valence electrons. The summed E-state index contributed by atoms with van der Waals surface area (Å²) >= 11 is 5.42. The minimum Gasteiger partial charge on any atom is -0.459 e. The molecule has 0 saturated carbocycles. The van der Waals surface area contributed by atoms with Crippen LogP contribution in [-0.4, -0.2) is 74.2 Å². The lowest BCUT2D eigenvalue weighted by Crippen LogP contribution is -2.58. The van der Waals surface area contributed by atoms with E-state index in [1.807, 2.05) is 42.5 Å². The van der Waals surface area contributed by atoms with Crippen LogP contribution in [0.4, 0.5) is 11.6 Å². The number of carbonyl (C=O) groups excluding carboxylic acids is 2. The van der Waals surface area contributed by atoms with Crippen molar-refractivity contribution in [2.75, 3.05) is 51.9 Å². The maximum absolute atomic E-state index is 13.3. The molecule has 0 atom stereocenters. The number of nitrogens with zero attached hydrogens (tertiary/aromatic N) is 2. The molecular weight excluding hydrogens is 606 g/mol. The van der Waals surface area contributed by atoms with E-state index in [-0.39, 0.29) is 23.2 Å². The molecule has 10 nitrogen and oxygen atoms in total. The van der Waals surface area contributed by atoms with Crippen LogP contribution in [0.5, 0.6) is 0 Å². The van der Waals surface area contributed by atoms with E-state index < -0.39 is 17.5 Å². The van der Waals surface area contributed by atoms with Crippen LogP contribution in [0.25, 0.3) is 22.1 Å². The Balaban J connectivity index is 1.30. The Labute approximate surface area is 273 Å². The van der Waals surface area contributed by atoms with Crippen molar-refractivity contribution in [2.45, 2.75) is 26.4 Å². The van der Waals surface area contributed by atoms with Gasteiger partial charge in [-0.3, -0.25) is 9.59 Å². The highest BCUT2D eigenvalue weighted by molar-refractivity contribution is 7.80. The molecule has 5 rings (SSSR count). The Morgan fingerprint density at radius 2 is 1.67 bits per heavy atom.